The predicted octanol–water partition coefficient (Wildman–Crippen LogP) is 1.54. The molecule has 142 valence electrons. The number of para-hydroxylation sites is 1. The Hall–Kier alpha value is -2.32. The topological polar surface area (TPSA) is 85.6 Å². The van der Waals surface area contributed by atoms with E-state index in [-0.39, 0.29) is 0 Å². The van der Waals surface area contributed by atoms with Crippen molar-refractivity contribution in [3.8, 4) is 5.75 Å². The molecule has 9 heteroatoms. The quantitative estimate of drug-likeness (QED) is 0.390. The number of aliphatic imine (C=N–C) groups is 1. The molecule has 1 aromatic heterocycles. The standard InChI is InChI=1S/C17H25ClN6O2/c1-13-22-23-16(24(13)2)12-21-17(19-8-10-25-3)20-9-11-26-15-7-5-4-6-14(15)18/h4-7H,8-12H2,1-3H3,(H2,19,20,21). The summed E-state index contributed by atoms with van der Waals surface area (Å²) in [5, 5.41) is 15.2. The maximum absolute atomic E-state index is 6.07. The minimum atomic E-state index is 0.422. The molecule has 1 aromatic carbocycles. The predicted molar refractivity (Wildman–Crippen MR) is 102 cm³/mol. The third-order valence-electron chi connectivity index (χ3n) is 3.65. The molecular weight excluding hydrogens is 356 g/mol. The molecule has 0 aliphatic heterocycles. The van der Waals surface area contributed by atoms with E-state index in [1.54, 1.807) is 13.2 Å². The van der Waals surface area contributed by atoms with E-state index >= 15 is 0 Å². The van der Waals surface area contributed by atoms with Gasteiger partial charge in [0.05, 0.1) is 18.2 Å². The van der Waals surface area contributed by atoms with E-state index in [1.165, 1.54) is 0 Å². The molecule has 2 rings (SSSR count). The number of hydrogen-bond donors (Lipinski definition) is 2. The number of aromatic nitrogens is 3. The van der Waals surface area contributed by atoms with Crippen LogP contribution in [0.3, 0.4) is 0 Å². The van der Waals surface area contributed by atoms with Gasteiger partial charge in [-0.2, -0.15) is 0 Å². The first-order valence-electron chi connectivity index (χ1n) is 8.35. The number of halogens is 1. The van der Waals surface area contributed by atoms with Gasteiger partial charge in [0.2, 0.25) is 0 Å². The molecule has 0 unspecified atom stereocenters. The molecule has 0 radical (unpaired) electrons. The molecular formula is C17H25ClN6O2. The average Bonchev–Trinajstić information content (AvgIpc) is 2.96. The van der Waals surface area contributed by atoms with E-state index in [0.29, 0.717) is 49.6 Å². The third kappa shape index (κ3) is 6.20. The number of hydrogen-bond acceptors (Lipinski definition) is 5. The molecule has 0 bridgehead atoms. The first kappa shape index (κ1) is 20.0. The minimum absolute atomic E-state index is 0.422. The van der Waals surface area contributed by atoms with Gasteiger partial charge in [-0.1, -0.05) is 23.7 Å². The van der Waals surface area contributed by atoms with Crippen molar-refractivity contribution < 1.29 is 9.47 Å². The van der Waals surface area contributed by atoms with Crippen molar-refractivity contribution in [2.75, 3.05) is 33.4 Å². The van der Waals surface area contributed by atoms with E-state index in [9.17, 15) is 0 Å². The van der Waals surface area contributed by atoms with Gasteiger partial charge in [-0.25, -0.2) is 4.99 Å². The van der Waals surface area contributed by atoms with Crippen molar-refractivity contribution >= 4 is 17.6 Å². The number of methoxy groups -OCH3 is 1. The van der Waals surface area contributed by atoms with Gasteiger partial charge >= 0.3 is 0 Å². The number of rotatable bonds is 9. The van der Waals surface area contributed by atoms with Crippen LogP contribution in [0.4, 0.5) is 0 Å². The molecule has 0 aliphatic rings. The largest absolute Gasteiger partial charge is 0.490 e. The molecule has 0 amide bonds. The Morgan fingerprint density at radius 1 is 1.19 bits per heavy atom. The normalized spacial score (nSPS) is 11.5. The Bertz CT molecular complexity index is 719. The van der Waals surface area contributed by atoms with E-state index in [1.807, 2.05) is 36.7 Å². The summed E-state index contributed by atoms with van der Waals surface area (Å²) in [5.41, 5.74) is 0. The second-order valence-corrected chi connectivity index (χ2v) is 5.92. The molecule has 0 saturated carbocycles. The van der Waals surface area contributed by atoms with Crippen molar-refractivity contribution in [2.24, 2.45) is 12.0 Å². The number of benzene rings is 1. The SMILES string of the molecule is COCCNC(=NCc1nnc(C)n1C)NCCOc1ccccc1Cl. The highest BCUT2D eigenvalue weighted by atomic mass is 35.5. The third-order valence-corrected chi connectivity index (χ3v) is 3.96. The van der Waals surface area contributed by atoms with Gasteiger partial charge in [0, 0.05) is 20.7 Å². The number of nitrogens with zero attached hydrogens (tertiary/aromatic N) is 4. The van der Waals surface area contributed by atoms with Gasteiger partial charge < -0.3 is 24.7 Å². The van der Waals surface area contributed by atoms with Crippen LogP contribution >= 0.6 is 11.6 Å². The molecule has 2 N–H and O–H groups in total. The fraction of sp³-hybridized carbons (Fsp3) is 0.471. The maximum atomic E-state index is 6.07. The van der Waals surface area contributed by atoms with Crippen molar-refractivity contribution in [3.05, 3.63) is 40.9 Å². The van der Waals surface area contributed by atoms with Crippen LogP contribution in [0.5, 0.6) is 5.75 Å². The molecule has 0 aliphatic carbocycles. The molecule has 2 aromatic rings. The molecule has 0 saturated heterocycles. The average molecular weight is 381 g/mol. The van der Waals surface area contributed by atoms with E-state index in [2.05, 4.69) is 25.8 Å². The van der Waals surface area contributed by atoms with Crippen LogP contribution in [0.25, 0.3) is 0 Å². The van der Waals surface area contributed by atoms with E-state index < -0.39 is 0 Å². The van der Waals surface area contributed by atoms with Crippen molar-refractivity contribution in [1.29, 1.82) is 0 Å². The van der Waals surface area contributed by atoms with Crippen molar-refractivity contribution in [1.82, 2.24) is 25.4 Å². The van der Waals surface area contributed by atoms with Crippen LogP contribution in [0, 0.1) is 6.92 Å². The van der Waals surface area contributed by atoms with Crippen LogP contribution < -0.4 is 15.4 Å². The van der Waals surface area contributed by atoms with Gasteiger partial charge in [-0.3, -0.25) is 0 Å². The van der Waals surface area contributed by atoms with Crippen molar-refractivity contribution in [3.63, 3.8) is 0 Å². The van der Waals surface area contributed by atoms with E-state index in [4.69, 9.17) is 21.1 Å². The molecule has 0 fully saturated rings. The first-order valence-corrected chi connectivity index (χ1v) is 8.73. The second-order valence-electron chi connectivity index (χ2n) is 5.51. The highest BCUT2D eigenvalue weighted by Crippen LogP contribution is 2.22. The van der Waals surface area contributed by atoms with Gasteiger partial charge in [0.15, 0.2) is 11.8 Å². The molecule has 0 spiro atoms. The summed E-state index contributed by atoms with van der Waals surface area (Å²) in [6, 6.07) is 7.39. The summed E-state index contributed by atoms with van der Waals surface area (Å²) in [7, 11) is 3.58. The molecule has 26 heavy (non-hydrogen) atoms. The number of ether oxygens (including phenoxy) is 2. The summed E-state index contributed by atoms with van der Waals surface area (Å²) in [6.07, 6.45) is 0. The highest BCUT2D eigenvalue weighted by Gasteiger charge is 2.05. The van der Waals surface area contributed by atoms with Crippen LogP contribution in [-0.4, -0.2) is 54.1 Å². The Balaban J connectivity index is 1.86. The molecule has 0 atom stereocenters. The summed E-state index contributed by atoms with van der Waals surface area (Å²) >= 11 is 6.07. The van der Waals surface area contributed by atoms with Crippen LogP contribution in [0.15, 0.2) is 29.3 Å². The lowest BCUT2D eigenvalue weighted by Gasteiger charge is -2.13. The lowest BCUT2D eigenvalue weighted by molar-refractivity contribution is 0.203. The zero-order valence-corrected chi connectivity index (χ0v) is 16.1. The smallest absolute Gasteiger partial charge is 0.191 e. The van der Waals surface area contributed by atoms with Crippen LogP contribution in [-0.2, 0) is 18.3 Å². The lowest BCUT2D eigenvalue weighted by atomic mass is 10.3. The summed E-state index contributed by atoms with van der Waals surface area (Å²) in [6.45, 7) is 4.58. The number of guanidine groups is 1. The fourth-order valence-corrected chi connectivity index (χ4v) is 2.27. The molecule has 8 nitrogen and oxygen atoms in total. The van der Waals surface area contributed by atoms with Gasteiger partial charge in [0.25, 0.3) is 0 Å². The summed E-state index contributed by atoms with van der Waals surface area (Å²) in [4.78, 5) is 4.54. The Morgan fingerprint density at radius 2 is 1.92 bits per heavy atom. The summed E-state index contributed by atoms with van der Waals surface area (Å²) in [5.74, 6) is 2.97. The Labute approximate surface area is 158 Å². The molecule has 1 heterocycles. The Kier molecular flexibility index (Phi) is 8.17. The minimum Gasteiger partial charge on any atom is -0.490 e. The lowest BCUT2D eigenvalue weighted by Crippen LogP contribution is -2.40. The van der Waals surface area contributed by atoms with E-state index in [0.717, 1.165) is 11.6 Å². The Morgan fingerprint density at radius 3 is 2.58 bits per heavy atom. The van der Waals surface area contributed by atoms with Gasteiger partial charge in [0.1, 0.15) is 24.7 Å². The van der Waals surface area contributed by atoms with Crippen LogP contribution in [0.1, 0.15) is 11.6 Å². The zero-order chi connectivity index (χ0) is 18.8. The number of aryl methyl sites for hydroxylation is 1. The second kappa shape index (κ2) is 10.6. The highest BCUT2D eigenvalue weighted by molar-refractivity contribution is 6.32. The summed E-state index contributed by atoms with van der Waals surface area (Å²) < 4.78 is 12.6. The van der Waals surface area contributed by atoms with Gasteiger partial charge in [-0.05, 0) is 19.1 Å². The monoisotopic (exact) mass is 380 g/mol. The van der Waals surface area contributed by atoms with Gasteiger partial charge in [-0.15, -0.1) is 10.2 Å². The van der Waals surface area contributed by atoms with Crippen molar-refractivity contribution in [2.45, 2.75) is 13.5 Å². The maximum Gasteiger partial charge on any atom is 0.191 e. The zero-order valence-electron chi connectivity index (χ0n) is 15.3. The fourth-order valence-electron chi connectivity index (χ4n) is 2.08. The number of nitrogens with one attached hydrogen (secondary N) is 2. The van der Waals surface area contributed by atoms with Crippen LogP contribution in [0.2, 0.25) is 5.02 Å². The first-order chi connectivity index (χ1) is 12.6.